The Morgan fingerprint density at radius 1 is 1.00 bits per heavy atom. The first kappa shape index (κ1) is 18.8. The highest BCUT2D eigenvalue weighted by molar-refractivity contribution is 7.99. The number of benzene rings is 2. The average molecular weight is 405 g/mol. The third kappa shape index (κ3) is 4.33. The third-order valence-electron chi connectivity index (χ3n) is 4.17. The first-order valence-corrected chi connectivity index (χ1v) is 9.94. The molecule has 0 saturated heterocycles. The zero-order valence-corrected chi connectivity index (χ0v) is 16.5. The van der Waals surface area contributed by atoms with Gasteiger partial charge >= 0.3 is 0 Å². The predicted octanol–water partition coefficient (Wildman–Crippen LogP) is 3.80. The topological polar surface area (TPSA) is 74.0 Å². The molecule has 0 radical (unpaired) electrons. The van der Waals surface area contributed by atoms with Gasteiger partial charge in [-0.25, -0.2) is 4.68 Å². The van der Waals surface area contributed by atoms with Gasteiger partial charge in [0.1, 0.15) is 5.75 Å². The van der Waals surface area contributed by atoms with E-state index in [1.54, 1.807) is 7.11 Å². The maximum atomic E-state index is 12.3. The standard InChI is InChI=1S/C21H19N5O2S/c1-28-18-11-9-16(10-12-18)20-23-24-21(26(20)25-13-5-6-14-25)29-15-19(27)22-17-7-3-2-4-8-17/h2-14H,15H2,1H3,(H,22,27). The van der Waals surface area contributed by atoms with Crippen LogP contribution in [-0.2, 0) is 4.79 Å². The predicted molar refractivity (Wildman–Crippen MR) is 113 cm³/mol. The Balaban J connectivity index is 1.57. The summed E-state index contributed by atoms with van der Waals surface area (Å²) >= 11 is 1.33. The molecule has 146 valence electrons. The lowest BCUT2D eigenvalue weighted by atomic mass is 10.2. The van der Waals surface area contributed by atoms with Gasteiger partial charge in [0.25, 0.3) is 0 Å². The van der Waals surface area contributed by atoms with E-state index in [1.807, 2.05) is 88.5 Å². The van der Waals surface area contributed by atoms with Crippen molar-refractivity contribution >= 4 is 23.4 Å². The number of hydrogen-bond acceptors (Lipinski definition) is 5. The SMILES string of the molecule is COc1ccc(-c2nnc(SCC(=O)Nc3ccccc3)n2-n2cccc2)cc1. The zero-order chi connectivity index (χ0) is 20.1. The van der Waals surface area contributed by atoms with Gasteiger partial charge in [0.05, 0.1) is 12.9 Å². The molecular weight excluding hydrogens is 386 g/mol. The van der Waals surface area contributed by atoms with Crippen LogP contribution in [0.3, 0.4) is 0 Å². The molecule has 8 heteroatoms. The monoisotopic (exact) mass is 405 g/mol. The summed E-state index contributed by atoms with van der Waals surface area (Å²) in [7, 11) is 1.63. The number of aromatic nitrogens is 4. The maximum Gasteiger partial charge on any atom is 0.234 e. The van der Waals surface area contributed by atoms with E-state index in [9.17, 15) is 4.79 Å². The zero-order valence-electron chi connectivity index (χ0n) is 15.7. The van der Waals surface area contributed by atoms with Gasteiger partial charge in [-0.3, -0.25) is 9.47 Å². The lowest BCUT2D eigenvalue weighted by molar-refractivity contribution is -0.113. The number of thioether (sulfide) groups is 1. The molecular formula is C21H19N5O2S. The lowest BCUT2D eigenvalue weighted by Crippen LogP contribution is -2.15. The van der Waals surface area contributed by atoms with Crippen molar-refractivity contribution < 1.29 is 9.53 Å². The van der Waals surface area contributed by atoms with E-state index in [2.05, 4.69) is 15.5 Å². The van der Waals surface area contributed by atoms with E-state index in [0.29, 0.717) is 11.0 Å². The number of para-hydroxylation sites is 1. The number of nitrogens with one attached hydrogen (secondary N) is 1. The van der Waals surface area contributed by atoms with Gasteiger partial charge < -0.3 is 10.1 Å². The molecule has 0 aliphatic heterocycles. The number of hydrogen-bond donors (Lipinski definition) is 1. The van der Waals surface area contributed by atoms with Crippen molar-refractivity contribution in [3.8, 4) is 17.1 Å². The molecule has 2 aromatic heterocycles. The minimum atomic E-state index is -0.103. The summed E-state index contributed by atoms with van der Waals surface area (Å²) in [5.74, 6) is 1.56. The first-order valence-electron chi connectivity index (χ1n) is 8.96. The van der Waals surface area contributed by atoms with Crippen LogP contribution in [0, 0.1) is 0 Å². The highest BCUT2D eigenvalue weighted by Gasteiger charge is 2.17. The van der Waals surface area contributed by atoms with Crippen LogP contribution in [-0.4, -0.2) is 38.3 Å². The number of amides is 1. The third-order valence-corrected chi connectivity index (χ3v) is 5.09. The van der Waals surface area contributed by atoms with Crippen LogP contribution in [0.15, 0.2) is 84.3 Å². The van der Waals surface area contributed by atoms with E-state index < -0.39 is 0 Å². The van der Waals surface area contributed by atoms with Gasteiger partial charge in [-0.2, -0.15) is 0 Å². The van der Waals surface area contributed by atoms with E-state index in [-0.39, 0.29) is 11.7 Å². The summed E-state index contributed by atoms with van der Waals surface area (Å²) in [6.07, 6.45) is 3.81. The molecule has 29 heavy (non-hydrogen) atoms. The van der Waals surface area contributed by atoms with Crippen LogP contribution in [0.5, 0.6) is 5.75 Å². The number of methoxy groups -OCH3 is 1. The second-order valence-electron chi connectivity index (χ2n) is 6.11. The second-order valence-corrected chi connectivity index (χ2v) is 7.05. The molecule has 1 amide bonds. The number of anilines is 1. The van der Waals surface area contributed by atoms with Gasteiger partial charge in [-0.15, -0.1) is 10.2 Å². The van der Waals surface area contributed by atoms with Crippen molar-refractivity contribution in [2.45, 2.75) is 5.16 Å². The van der Waals surface area contributed by atoms with Gasteiger partial charge in [0.2, 0.25) is 11.1 Å². The summed E-state index contributed by atoms with van der Waals surface area (Å²) < 4.78 is 8.99. The van der Waals surface area contributed by atoms with Crippen LogP contribution in [0.2, 0.25) is 0 Å². The van der Waals surface area contributed by atoms with Crippen molar-refractivity contribution in [3.05, 3.63) is 79.1 Å². The Hall–Kier alpha value is -3.52. The van der Waals surface area contributed by atoms with Crippen molar-refractivity contribution in [2.75, 3.05) is 18.2 Å². The number of carbonyl (C=O) groups excluding carboxylic acids is 1. The van der Waals surface area contributed by atoms with E-state index in [1.165, 1.54) is 11.8 Å². The van der Waals surface area contributed by atoms with Gasteiger partial charge in [-0.1, -0.05) is 30.0 Å². The highest BCUT2D eigenvalue weighted by Crippen LogP contribution is 2.26. The van der Waals surface area contributed by atoms with E-state index in [0.717, 1.165) is 17.0 Å². The largest absolute Gasteiger partial charge is 0.497 e. The first-order chi connectivity index (χ1) is 14.2. The van der Waals surface area contributed by atoms with Gasteiger partial charge in [0, 0.05) is 23.6 Å². The van der Waals surface area contributed by atoms with Crippen molar-refractivity contribution in [1.29, 1.82) is 0 Å². The van der Waals surface area contributed by atoms with Gasteiger partial charge in [0.15, 0.2) is 5.82 Å². The lowest BCUT2D eigenvalue weighted by Gasteiger charge is -2.11. The number of nitrogens with zero attached hydrogens (tertiary/aromatic N) is 4. The van der Waals surface area contributed by atoms with Crippen LogP contribution in [0.4, 0.5) is 5.69 Å². The Morgan fingerprint density at radius 3 is 2.41 bits per heavy atom. The molecule has 4 rings (SSSR count). The molecule has 4 aromatic rings. The fourth-order valence-corrected chi connectivity index (χ4v) is 3.53. The molecule has 0 aliphatic rings. The molecule has 0 unspecified atom stereocenters. The molecule has 2 heterocycles. The Morgan fingerprint density at radius 2 is 1.72 bits per heavy atom. The fourth-order valence-electron chi connectivity index (χ4n) is 2.79. The summed E-state index contributed by atoms with van der Waals surface area (Å²) in [4.78, 5) is 12.3. The van der Waals surface area contributed by atoms with Crippen LogP contribution < -0.4 is 10.1 Å². The number of carbonyl (C=O) groups is 1. The Bertz CT molecular complexity index is 1080. The van der Waals surface area contributed by atoms with Crippen molar-refractivity contribution in [3.63, 3.8) is 0 Å². The summed E-state index contributed by atoms with van der Waals surface area (Å²) in [6.45, 7) is 0. The number of ether oxygens (including phenoxy) is 1. The summed E-state index contributed by atoms with van der Waals surface area (Å²) in [5.41, 5.74) is 1.66. The molecule has 0 spiro atoms. The Kier molecular flexibility index (Phi) is 5.62. The minimum absolute atomic E-state index is 0.103. The van der Waals surface area contributed by atoms with E-state index >= 15 is 0 Å². The molecule has 0 bridgehead atoms. The fraction of sp³-hybridized carbons (Fsp3) is 0.0952. The molecule has 2 aromatic carbocycles. The molecule has 1 N–H and O–H groups in total. The quantitative estimate of drug-likeness (QED) is 0.474. The van der Waals surface area contributed by atoms with Crippen LogP contribution >= 0.6 is 11.8 Å². The molecule has 0 atom stereocenters. The van der Waals surface area contributed by atoms with E-state index in [4.69, 9.17) is 4.74 Å². The van der Waals surface area contributed by atoms with Gasteiger partial charge in [-0.05, 0) is 48.5 Å². The molecule has 0 aliphatic carbocycles. The van der Waals surface area contributed by atoms with Crippen LogP contribution in [0.25, 0.3) is 11.4 Å². The smallest absolute Gasteiger partial charge is 0.234 e. The molecule has 0 fully saturated rings. The second kappa shape index (κ2) is 8.66. The molecule has 0 saturated carbocycles. The van der Waals surface area contributed by atoms with Crippen LogP contribution in [0.1, 0.15) is 0 Å². The van der Waals surface area contributed by atoms with Crippen molar-refractivity contribution in [2.24, 2.45) is 0 Å². The summed E-state index contributed by atoms with van der Waals surface area (Å²) in [6, 6.07) is 20.8. The number of rotatable bonds is 7. The summed E-state index contributed by atoms with van der Waals surface area (Å²) in [5, 5.41) is 12.2. The van der Waals surface area contributed by atoms with Crippen molar-refractivity contribution in [1.82, 2.24) is 19.5 Å². The maximum absolute atomic E-state index is 12.3. The Labute approximate surface area is 172 Å². The normalized spacial score (nSPS) is 10.7. The average Bonchev–Trinajstić information content (AvgIpc) is 3.42. The molecule has 7 nitrogen and oxygen atoms in total. The minimum Gasteiger partial charge on any atom is -0.497 e. The highest BCUT2D eigenvalue weighted by atomic mass is 32.2.